The van der Waals surface area contributed by atoms with Gasteiger partial charge in [0.2, 0.25) is 0 Å². The Morgan fingerprint density at radius 1 is 0.935 bits per heavy atom. The van der Waals surface area contributed by atoms with Gasteiger partial charge in [-0.1, -0.05) is 20.8 Å². The summed E-state index contributed by atoms with van der Waals surface area (Å²) in [6.45, 7) is 8.69. The molecule has 0 atom stereocenters. The topological polar surface area (TPSA) is 59.9 Å². The van der Waals surface area contributed by atoms with Crippen molar-refractivity contribution in [2.45, 2.75) is 33.1 Å². The average molecular weight is 447 g/mol. The Morgan fingerprint density at radius 3 is 2.61 bits per heavy atom. The Labute approximate surface area is 188 Å². The highest BCUT2D eigenvalue weighted by Gasteiger charge is 2.19. The molecule has 2 aromatic carbocycles. The average Bonchev–Trinajstić information content (AvgIpc) is 3.37. The zero-order chi connectivity index (χ0) is 21.6. The molecular formula is C24H22N4OS2. The fraction of sp³-hybridized carbons (Fsp3) is 0.208. The first-order valence-corrected chi connectivity index (χ1v) is 11.7. The normalized spacial score (nSPS) is 11.9. The smallest absolute Gasteiger partial charge is 0.151 e. The molecule has 7 heteroatoms. The first kappa shape index (κ1) is 19.9. The van der Waals surface area contributed by atoms with Gasteiger partial charge in [0.1, 0.15) is 17.8 Å². The number of hydrogen-bond donors (Lipinski definition) is 1. The van der Waals surface area contributed by atoms with Gasteiger partial charge in [-0.3, -0.25) is 0 Å². The lowest BCUT2D eigenvalue weighted by Crippen LogP contribution is -2.07. The van der Waals surface area contributed by atoms with E-state index in [0.717, 1.165) is 49.0 Å². The molecular weight excluding hydrogens is 424 g/mol. The maximum absolute atomic E-state index is 6.12. The molecule has 5 aromatic rings. The van der Waals surface area contributed by atoms with E-state index < -0.39 is 0 Å². The lowest BCUT2D eigenvalue weighted by molar-refractivity contribution is 0.479. The van der Waals surface area contributed by atoms with Crippen LogP contribution in [-0.4, -0.2) is 15.0 Å². The fourth-order valence-electron chi connectivity index (χ4n) is 3.32. The van der Waals surface area contributed by atoms with Crippen LogP contribution < -0.4 is 10.1 Å². The van der Waals surface area contributed by atoms with Crippen LogP contribution in [0.25, 0.3) is 20.4 Å². The summed E-state index contributed by atoms with van der Waals surface area (Å²) < 4.78 is 8.34. The summed E-state index contributed by atoms with van der Waals surface area (Å²) in [4.78, 5) is 14.6. The van der Waals surface area contributed by atoms with Gasteiger partial charge >= 0.3 is 0 Å². The minimum atomic E-state index is 0.0831. The molecule has 0 radical (unpaired) electrons. The third-order valence-electron chi connectivity index (χ3n) is 5.02. The van der Waals surface area contributed by atoms with Gasteiger partial charge < -0.3 is 10.1 Å². The second-order valence-corrected chi connectivity index (χ2v) is 10.4. The van der Waals surface area contributed by atoms with Crippen molar-refractivity contribution >= 4 is 54.6 Å². The zero-order valence-corrected chi connectivity index (χ0v) is 19.4. The van der Waals surface area contributed by atoms with Crippen LogP contribution in [0.5, 0.6) is 11.5 Å². The summed E-state index contributed by atoms with van der Waals surface area (Å²) in [5.41, 5.74) is 5.86. The molecule has 156 valence electrons. The summed E-state index contributed by atoms with van der Waals surface area (Å²) >= 11 is 3.37. The Hall–Kier alpha value is -3.03. The molecule has 0 spiro atoms. The zero-order valence-electron chi connectivity index (χ0n) is 17.8. The molecule has 31 heavy (non-hydrogen) atoms. The van der Waals surface area contributed by atoms with E-state index in [1.54, 1.807) is 29.0 Å². The summed E-state index contributed by atoms with van der Waals surface area (Å²) in [6, 6.07) is 14.2. The van der Waals surface area contributed by atoms with Crippen LogP contribution in [0.2, 0.25) is 0 Å². The molecule has 0 fully saturated rings. The molecule has 1 N–H and O–H groups in total. The molecule has 0 bridgehead atoms. The van der Waals surface area contributed by atoms with Crippen LogP contribution in [0, 0.1) is 6.92 Å². The number of fused-ring (bicyclic) bond motifs is 2. The van der Waals surface area contributed by atoms with Gasteiger partial charge in [-0.05, 0) is 54.3 Å². The maximum Gasteiger partial charge on any atom is 0.151 e. The summed E-state index contributed by atoms with van der Waals surface area (Å²) in [5, 5.41) is 3.46. The van der Waals surface area contributed by atoms with E-state index in [0.29, 0.717) is 0 Å². The van der Waals surface area contributed by atoms with Gasteiger partial charge in [-0.15, -0.1) is 22.7 Å². The Balaban J connectivity index is 1.40. The lowest BCUT2D eigenvalue weighted by atomic mass is 9.95. The monoisotopic (exact) mass is 446 g/mol. The number of hydrogen-bond acceptors (Lipinski definition) is 7. The van der Waals surface area contributed by atoms with Crippen molar-refractivity contribution < 1.29 is 4.74 Å². The van der Waals surface area contributed by atoms with Crippen molar-refractivity contribution in [3.63, 3.8) is 0 Å². The number of aryl methyl sites for hydroxylation is 1. The molecule has 0 amide bonds. The van der Waals surface area contributed by atoms with Crippen molar-refractivity contribution in [1.82, 2.24) is 15.0 Å². The van der Waals surface area contributed by atoms with E-state index >= 15 is 0 Å². The summed E-state index contributed by atoms with van der Waals surface area (Å²) in [5.74, 6) is 2.43. The number of anilines is 2. The van der Waals surface area contributed by atoms with E-state index in [1.807, 2.05) is 42.8 Å². The molecule has 0 aliphatic heterocycles. The van der Waals surface area contributed by atoms with Gasteiger partial charge in [-0.2, -0.15) is 0 Å². The van der Waals surface area contributed by atoms with E-state index in [9.17, 15) is 0 Å². The number of nitrogens with zero attached hydrogens (tertiary/aromatic N) is 3. The maximum atomic E-state index is 6.12. The molecule has 0 saturated heterocycles. The van der Waals surface area contributed by atoms with Crippen LogP contribution in [0.1, 0.15) is 31.2 Å². The summed E-state index contributed by atoms with van der Waals surface area (Å²) in [7, 11) is 0. The standard InChI is InChI=1S/C24H22N4OS2/c1-14-9-15(5-7-19(14)29-16-6-8-20-17(10-16)27-13-30-20)28-23-22-18(25-12-26-23)11-21(31-22)24(2,3)4/h5-13H,1-4H3,(H,25,26,28). The van der Waals surface area contributed by atoms with Crippen molar-refractivity contribution in [2.75, 3.05) is 5.32 Å². The molecule has 3 heterocycles. The van der Waals surface area contributed by atoms with Crippen LogP contribution >= 0.6 is 22.7 Å². The minimum absolute atomic E-state index is 0.0831. The predicted molar refractivity (Wildman–Crippen MR) is 130 cm³/mol. The molecule has 0 aliphatic carbocycles. The van der Waals surface area contributed by atoms with E-state index in [1.165, 1.54) is 4.88 Å². The van der Waals surface area contributed by atoms with Crippen LogP contribution in [0.3, 0.4) is 0 Å². The highest BCUT2D eigenvalue weighted by Crippen LogP contribution is 2.37. The number of thiophene rings is 1. The van der Waals surface area contributed by atoms with Gasteiger partial charge in [0.25, 0.3) is 0 Å². The van der Waals surface area contributed by atoms with Crippen molar-refractivity contribution in [3.8, 4) is 11.5 Å². The van der Waals surface area contributed by atoms with Crippen LogP contribution in [-0.2, 0) is 5.41 Å². The number of ether oxygens (including phenoxy) is 1. The van der Waals surface area contributed by atoms with E-state index in [4.69, 9.17) is 4.74 Å². The number of aromatic nitrogens is 3. The van der Waals surface area contributed by atoms with Gasteiger partial charge in [-0.25, -0.2) is 15.0 Å². The molecule has 0 aliphatic rings. The van der Waals surface area contributed by atoms with Crippen molar-refractivity contribution in [3.05, 3.63) is 64.7 Å². The Kier molecular flexibility index (Phi) is 4.87. The Morgan fingerprint density at radius 2 is 1.81 bits per heavy atom. The fourth-order valence-corrected chi connectivity index (χ4v) is 5.09. The van der Waals surface area contributed by atoms with E-state index in [-0.39, 0.29) is 5.41 Å². The number of benzene rings is 2. The molecule has 5 rings (SSSR count). The third-order valence-corrected chi connectivity index (χ3v) is 7.38. The van der Waals surface area contributed by atoms with Crippen LogP contribution in [0.4, 0.5) is 11.5 Å². The summed E-state index contributed by atoms with van der Waals surface area (Å²) in [6.07, 6.45) is 1.61. The van der Waals surface area contributed by atoms with Crippen molar-refractivity contribution in [1.29, 1.82) is 0 Å². The van der Waals surface area contributed by atoms with Gasteiger partial charge in [0, 0.05) is 16.6 Å². The quantitative estimate of drug-likeness (QED) is 0.311. The second kappa shape index (κ2) is 7.59. The van der Waals surface area contributed by atoms with E-state index in [2.05, 4.69) is 53.2 Å². The van der Waals surface area contributed by atoms with Gasteiger partial charge in [0.05, 0.1) is 25.9 Å². The number of rotatable bonds is 4. The molecule has 3 aromatic heterocycles. The minimum Gasteiger partial charge on any atom is -0.457 e. The highest BCUT2D eigenvalue weighted by molar-refractivity contribution is 7.19. The Bertz CT molecular complexity index is 1400. The van der Waals surface area contributed by atoms with Crippen LogP contribution in [0.15, 0.2) is 54.3 Å². The molecule has 0 unspecified atom stereocenters. The highest BCUT2D eigenvalue weighted by atomic mass is 32.1. The third kappa shape index (κ3) is 3.98. The second-order valence-electron chi connectivity index (χ2n) is 8.49. The predicted octanol–water partition coefficient (Wildman–Crippen LogP) is 7.44. The van der Waals surface area contributed by atoms with Crippen molar-refractivity contribution in [2.24, 2.45) is 0 Å². The first-order valence-electron chi connectivity index (χ1n) is 10.0. The number of thiazole rings is 1. The molecule has 5 nitrogen and oxygen atoms in total. The molecule has 0 saturated carbocycles. The lowest BCUT2D eigenvalue weighted by Gasteiger charge is -2.15. The largest absolute Gasteiger partial charge is 0.457 e. The van der Waals surface area contributed by atoms with Gasteiger partial charge in [0.15, 0.2) is 5.82 Å². The SMILES string of the molecule is Cc1cc(Nc2ncnc3cc(C(C)(C)C)sc23)ccc1Oc1ccc2scnc2c1. The number of nitrogens with one attached hydrogen (secondary N) is 1. The first-order chi connectivity index (χ1) is 14.9.